The van der Waals surface area contributed by atoms with Crippen molar-refractivity contribution >= 4 is 28.8 Å². The molecule has 0 bridgehead atoms. The molecule has 1 amide bonds. The number of rotatable bonds is 4. The molecule has 6 heteroatoms. The van der Waals surface area contributed by atoms with Gasteiger partial charge in [-0.1, -0.05) is 30.3 Å². The Kier molecular flexibility index (Phi) is 6.15. The van der Waals surface area contributed by atoms with Crippen molar-refractivity contribution in [3.8, 4) is 0 Å². The first kappa shape index (κ1) is 23.2. The molecule has 0 fully saturated rings. The molecule has 0 spiro atoms. The molecule has 35 heavy (non-hydrogen) atoms. The van der Waals surface area contributed by atoms with Crippen molar-refractivity contribution in [2.45, 2.75) is 52.4 Å². The lowest BCUT2D eigenvalue weighted by atomic mass is 9.71. The van der Waals surface area contributed by atoms with E-state index in [0.29, 0.717) is 17.8 Å². The van der Waals surface area contributed by atoms with Crippen LogP contribution in [0.2, 0.25) is 0 Å². The number of ketones is 1. The van der Waals surface area contributed by atoms with Gasteiger partial charge in [-0.05, 0) is 74.9 Å². The number of aromatic nitrogens is 1. The number of aryl methyl sites for hydroxylation is 3. The molecule has 0 saturated heterocycles. The Hall–Kier alpha value is -3.51. The van der Waals surface area contributed by atoms with Crippen LogP contribution in [0.1, 0.15) is 58.0 Å². The van der Waals surface area contributed by atoms with Crippen molar-refractivity contribution in [3.05, 3.63) is 104 Å². The maximum Gasteiger partial charge on any atom is 0.255 e. The molecule has 2 aromatic heterocycles. The highest BCUT2D eigenvalue weighted by Crippen LogP contribution is 2.47. The largest absolute Gasteiger partial charge is 0.362 e. The van der Waals surface area contributed by atoms with Crippen molar-refractivity contribution in [2.24, 2.45) is 0 Å². The van der Waals surface area contributed by atoms with Gasteiger partial charge in [0.15, 0.2) is 5.78 Å². The van der Waals surface area contributed by atoms with Crippen LogP contribution in [0.5, 0.6) is 0 Å². The second-order valence-electron chi connectivity index (χ2n) is 9.47. The lowest BCUT2D eigenvalue weighted by molar-refractivity contribution is -0.116. The Bertz CT molecular complexity index is 1380. The Morgan fingerprint density at radius 2 is 1.83 bits per heavy atom. The average Bonchev–Trinajstić information content (AvgIpc) is 3.16. The molecule has 3 aromatic rings. The van der Waals surface area contributed by atoms with E-state index < -0.39 is 5.92 Å². The second-order valence-corrected chi connectivity index (χ2v) is 10.9. The van der Waals surface area contributed by atoms with Crippen molar-refractivity contribution < 1.29 is 9.59 Å². The smallest absolute Gasteiger partial charge is 0.255 e. The first-order chi connectivity index (χ1) is 16.8. The van der Waals surface area contributed by atoms with E-state index in [2.05, 4.69) is 47.7 Å². The van der Waals surface area contributed by atoms with Crippen LogP contribution in [0.4, 0.5) is 5.82 Å². The molecule has 2 atom stereocenters. The van der Waals surface area contributed by atoms with Gasteiger partial charge in [-0.2, -0.15) is 0 Å². The number of benzene rings is 1. The normalized spacial score (nSPS) is 19.9. The topological polar surface area (TPSA) is 71.1 Å². The molecule has 1 aliphatic heterocycles. The number of thiophene rings is 1. The van der Waals surface area contributed by atoms with Crippen molar-refractivity contribution in [3.63, 3.8) is 0 Å². The van der Waals surface area contributed by atoms with Gasteiger partial charge in [0.25, 0.3) is 5.91 Å². The summed E-state index contributed by atoms with van der Waals surface area (Å²) in [6.45, 7) is 8.03. The summed E-state index contributed by atoms with van der Waals surface area (Å²) in [7, 11) is 0. The van der Waals surface area contributed by atoms with Crippen LogP contribution < -0.4 is 10.6 Å². The number of hydrogen-bond acceptors (Lipinski definition) is 5. The minimum Gasteiger partial charge on any atom is -0.362 e. The minimum atomic E-state index is -0.398. The van der Waals surface area contributed by atoms with E-state index in [9.17, 15) is 9.59 Å². The number of carbonyl (C=O) groups excluding carboxylic acids is 2. The van der Waals surface area contributed by atoms with E-state index in [1.54, 1.807) is 17.5 Å². The van der Waals surface area contributed by atoms with Gasteiger partial charge >= 0.3 is 0 Å². The highest BCUT2D eigenvalue weighted by molar-refractivity contribution is 7.12. The third-order valence-corrected chi connectivity index (χ3v) is 7.87. The number of anilines is 1. The van der Waals surface area contributed by atoms with Gasteiger partial charge in [-0.25, -0.2) is 4.98 Å². The zero-order chi connectivity index (χ0) is 24.7. The summed E-state index contributed by atoms with van der Waals surface area (Å²) in [4.78, 5) is 34.0. The summed E-state index contributed by atoms with van der Waals surface area (Å²) in [5.74, 6) is 0.107. The first-order valence-electron chi connectivity index (χ1n) is 11.9. The van der Waals surface area contributed by atoms with E-state index in [4.69, 9.17) is 0 Å². The van der Waals surface area contributed by atoms with E-state index in [0.717, 1.165) is 39.4 Å². The Labute approximate surface area is 210 Å². The zero-order valence-electron chi connectivity index (χ0n) is 20.4. The SMILES string of the molecule is CC1=C(C(=O)Nc2cc(C)ccn2)[C@@H](c2cc(C)sc2C)C2=C(C[C@H](c3ccccc3)CC2=O)N1. The number of dihydropyridines is 1. The van der Waals surface area contributed by atoms with Gasteiger partial charge in [0.2, 0.25) is 0 Å². The summed E-state index contributed by atoms with van der Waals surface area (Å²) >= 11 is 1.70. The monoisotopic (exact) mass is 483 g/mol. The molecular formula is C29H29N3O2S. The third-order valence-electron chi connectivity index (χ3n) is 6.89. The number of pyridine rings is 1. The molecule has 2 N–H and O–H groups in total. The van der Waals surface area contributed by atoms with Gasteiger partial charge in [0.05, 0.1) is 0 Å². The first-order valence-corrected chi connectivity index (χ1v) is 12.7. The summed E-state index contributed by atoms with van der Waals surface area (Å²) in [6, 6.07) is 16.1. The molecule has 3 heterocycles. The summed E-state index contributed by atoms with van der Waals surface area (Å²) < 4.78 is 0. The fourth-order valence-electron chi connectivity index (χ4n) is 5.34. The number of hydrogen-bond donors (Lipinski definition) is 2. The van der Waals surface area contributed by atoms with Crippen molar-refractivity contribution in [1.29, 1.82) is 0 Å². The molecule has 178 valence electrons. The van der Waals surface area contributed by atoms with E-state index in [1.165, 1.54) is 10.4 Å². The molecule has 5 nitrogen and oxygen atoms in total. The molecular weight excluding hydrogens is 454 g/mol. The maximum atomic E-state index is 13.7. The lowest BCUT2D eigenvalue weighted by Crippen LogP contribution is -2.37. The van der Waals surface area contributed by atoms with Gasteiger partial charge in [-0.15, -0.1) is 11.3 Å². The molecule has 0 saturated carbocycles. The van der Waals surface area contributed by atoms with E-state index in [-0.39, 0.29) is 17.6 Å². The summed E-state index contributed by atoms with van der Waals surface area (Å²) in [5, 5.41) is 6.44. The number of Topliss-reactive ketones (excluding diaryl/α,β-unsaturated/α-hetero) is 1. The van der Waals surface area contributed by atoms with Crippen LogP contribution in [-0.2, 0) is 9.59 Å². The summed E-state index contributed by atoms with van der Waals surface area (Å²) in [6.07, 6.45) is 2.87. The number of nitrogens with one attached hydrogen (secondary N) is 2. The van der Waals surface area contributed by atoms with Crippen molar-refractivity contribution in [2.75, 3.05) is 5.32 Å². The molecule has 1 aliphatic carbocycles. The third kappa shape index (κ3) is 4.46. The zero-order valence-corrected chi connectivity index (χ0v) is 21.3. The average molecular weight is 484 g/mol. The van der Waals surface area contributed by atoms with Crippen molar-refractivity contribution in [1.82, 2.24) is 10.3 Å². The fourth-order valence-corrected chi connectivity index (χ4v) is 6.30. The quantitative estimate of drug-likeness (QED) is 0.473. The number of allylic oxidation sites excluding steroid dienone is 3. The van der Waals surface area contributed by atoms with Gasteiger partial charge in [-0.3, -0.25) is 9.59 Å². The highest BCUT2D eigenvalue weighted by atomic mass is 32.1. The molecule has 2 aliphatic rings. The fraction of sp³-hybridized carbons (Fsp3) is 0.276. The van der Waals surface area contributed by atoms with Gasteiger partial charge in [0, 0.05) is 50.8 Å². The van der Waals surface area contributed by atoms with Crippen LogP contribution >= 0.6 is 11.3 Å². The predicted octanol–water partition coefficient (Wildman–Crippen LogP) is 6.07. The van der Waals surface area contributed by atoms with Crippen LogP contribution in [0.15, 0.2) is 77.3 Å². The molecule has 0 radical (unpaired) electrons. The van der Waals surface area contributed by atoms with Gasteiger partial charge in [0.1, 0.15) is 5.82 Å². The Balaban J connectivity index is 1.58. The molecule has 5 rings (SSSR count). The van der Waals surface area contributed by atoms with Crippen LogP contribution in [0, 0.1) is 20.8 Å². The Morgan fingerprint density at radius 1 is 1.06 bits per heavy atom. The number of carbonyl (C=O) groups is 2. The molecule has 1 aromatic carbocycles. The maximum absolute atomic E-state index is 13.7. The van der Waals surface area contributed by atoms with Crippen LogP contribution in [-0.4, -0.2) is 16.7 Å². The summed E-state index contributed by atoms with van der Waals surface area (Å²) in [5.41, 5.74) is 6.25. The number of amides is 1. The molecule has 0 unspecified atom stereocenters. The van der Waals surface area contributed by atoms with Crippen LogP contribution in [0.25, 0.3) is 0 Å². The highest BCUT2D eigenvalue weighted by Gasteiger charge is 2.41. The predicted molar refractivity (Wildman–Crippen MR) is 140 cm³/mol. The van der Waals surface area contributed by atoms with Crippen LogP contribution in [0.3, 0.4) is 0 Å². The van der Waals surface area contributed by atoms with E-state index in [1.807, 2.05) is 44.2 Å². The van der Waals surface area contributed by atoms with E-state index >= 15 is 0 Å². The standard InChI is InChI=1S/C29H29N3O2S/c1-16-10-11-30-25(12-16)32-29(34)26-18(3)31-23-14-21(20-8-6-5-7-9-20)15-24(33)28(23)27(26)22-13-17(2)35-19(22)4/h5-13,21,27,31H,14-15H2,1-4H3,(H,30,32,34)/t21-,27+/m0/s1. The van der Waals surface area contributed by atoms with Gasteiger partial charge < -0.3 is 10.6 Å². The lowest BCUT2D eigenvalue weighted by Gasteiger charge is -2.37. The Morgan fingerprint density at radius 3 is 2.51 bits per heavy atom. The second kappa shape index (κ2) is 9.27. The number of nitrogens with zero attached hydrogens (tertiary/aromatic N) is 1. The minimum absolute atomic E-state index is 0.104.